The molecule has 6 aromatic carbocycles. The highest BCUT2D eigenvalue weighted by molar-refractivity contribution is 6.32. The number of carbonyl (C=O) groups is 9. The molecule has 7 aromatic rings. The van der Waals surface area contributed by atoms with E-state index in [1.807, 2.05) is 13.8 Å². The first-order valence-electron chi connectivity index (χ1n) is 38.9. The smallest absolute Gasteiger partial charge is 0.349 e. The van der Waals surface area contributed by atoms with Crippen LogP contribution in [0.25, 0.3) is 17.2 Å². The van der Waals surface area contributed by atoms with Crippen LogP contribution in [0, 0.1) is 11.7 Å². The standard InChI is InChI=1S/C82H89Cl3FN13O26/c1-33(2)21-47(88-5)73(111)96-64-66(106)37-10-14-51(44(84)24-37)121-53-26-39-27-54(70(53)125-80-71(69(109)68(108)55(32-100)123-80)124-59-31-82(4,72(110)34(3)120-59)89-18-20-99-19-17-57(92-81(99)118)91-58(105)16-8-35-7-12-46(86)43(83)22-35)122-52-15-11-38(25-45(52)85)67(107)65-78(116)95-63(79(117)98-119-6)42-28-40(101)29-50(103)60(42)41-23-36(9-13-49(41)102)61(75(113)97-65)94-76(114)62(39)93-74(112)48(30-56(87)104)90-77(64)115/h7-17,19,22-29,33-34,47-48,55,59,61-69,71-72,80,88-89,100-103,106-110H,18,20-21,30-32H2,1-6H3,(H2,87,104)(H,90,115)(H,93,112)(H,94,114)(H,95,116)(H,96,111)(H,97,113)(H,98,117)(H,91,92,105,118)/b16-8+/t34-,47+,48-,55+,59-,61+,62+,63+,64+,65-,66+,67+,68+,69-,71+,72+,80?,82+/m0/s1. The number of hydroxylamine groups is 1. The summed E-state index contributed by atoms with van der Waals surface area (Å²) in [5.74, 6) is -17.0. The number of phenols is 3. The Labute approximate surface area is 724 Å². The first kappa shape index (κ1) is 92.5. The number of likely N-dealkylation sites (N-methyl/N-ethyl adjacent to an activating group) is 1. The summed E-state index contributed by atoms with van der Waals surface area (Å²) in [7, 11) is 2.49. The lowest BCUT2D eigenvalue weighted by molar-refractivity contribution is -0.334. The van der Waals surface area contributed by atoms with Crippen LogP contribution in [-0.4, -0.2) is 215 Å². The lowest BCUT2D eigenvalue weighted by Gasteiger charge is -2.48. The van der Waals surface area contributed by atoms with Crippen LogP contribution in [0.3, 0.4) is 0 Å². The molecule has 0 radical (unpaired) electrons. The van der Waals surface area contributed by atoms with Gasteiger partial charge in [-0.05, 0) is 145 Å². The Kier molecular flexibility index (Phi) is 29.0. The van der Waals surface area contributed by atoms with Crippen molar-refractivity contribution in [1.29, 1.82) is 0 Å². The van der Waals surface area contributed by atoms with Crippen LogP contribution in [0.1, 0.15) is 111 Å². The summed E-state index contributed by atoms with van der Waals surface area (Å²) < 4.78 is 54.3. The molecule has 0 spiro atoms. The Hall–Kier alpha value is -11.7. The number of aromatic nitrogens is 2. The second kappa shape index (κ2) is 39.2. The highest BCUT2D eigenvalue weighted by Crippen LogP contribution is 2.50. The highest BCUT2D eigenvalue weighted by Gasteiger charge is 2.52. The molecule has 2 fully saturated rings. The molecular weight excluding hydrogens is 1710 g/mol. The summed E-state index contributed by atoms with van der Waals surface area (Å²) in [4.78, 5) is 154. The predicted molar refractivity (Wildman–Crippen MR) is 438 cm³/mol. The average molecular weight is 1800 g/mol. The summed E-state index contributed by atoms with van der Waals surface area (Å²) in [6, 6.07) is 4.61. The minimum absolute atomic E-state index is 0.0618. The zero-order valence-corrected chi connectivity index (χ0v) is 69.4. The second-order valence-corrected chi connectivity index (χ2v) is 31.9. The number of hydrogen-bond acceptors (Lipinski definition) is 29. The maximum atomic E-state index is 16.3. The summed E-state index contributed by atoms with van der Waals surface area (Å²) in [5.41, 5.74) is 3.33. The molecule has 39 nitrogen and oxygen atoms in total. The van der Waals surface area contributed by atoms with Crippen LogP contribution in [0.15, 0.2) is 120 Å². The number of fused-ring (bicyclic) bond motifs is 15. The molecule has 666 valence electrons. The summed E-state index contributed by atoms with van der Waals surface area (Å²) in [6.45, 7) is 5.50. The topological polar surface area (TPSA) is 582 Å². The van der Waals surface area contributed by atoms with Gasteiger partial charge >= 0.3 is 5.69 Å². The van der Waals surface area contributed by atoms with Crippen molar-refractivity contribution >= 4 is 99.9 Å². The molecule has 0 aliphatic carbocycles. The number of aliphatic hydroxyl groups is 6. The summed E-state index contributed by atoms with van der Waals surface area (Å²) >= 11 is 20.2. The van der Waals surface area contributed by atoms with E-state index in [1.165, 1.54) is 61.1 Å². The van der Waals surface area contributed by atoms with E-state index in [1.54, 1.807) is 6.92 Å². The van der Waals surface area contributed by atoms with E-state index in [9.17, 15) is 74.3 Å². The maximum Gasteiger partial charge on any atom is 0.349 e. The fourth-order valence-electron chi connectivity index (χ4n) is 14.9. The summed E-state index contributed by atoms with van der Waals surface area (Å²) in [5, 5.41) is 129. The number of rotatable bonds is 21. The van der Waals surface area contributed by atoms with Gasteiger partial charge in [0.05, 0.1) is 53.5 Å². The van der Waals surface area contributed by atoms with E-state index in [-0.39, 0.29) is 65.1 Å². The van der Waals surface area contributed by atoms with E-state index >= 15 is 24.0 Å². The van der Waals surface area contributed by atoms with Gasteiger partial charge in [0.2, 0.25) is 59.3 Å². The van der Waals surface area contributed by atoms with Crippen molar-refractivity contribution in [2.75, 3.05) is 32.6 Å². The number of ether oxygens (including phenoxy) is 6. The molecule has 11 bridgehead atoms. The van der Waals surface area contributed by atoms with Crippen molar-refractivity contribution in [2.45, 2.75) is 163 Å². The maximum absolute atomic E-state index is 16.3. The fourth-order valence-corrected chi connectivity index (χ4v) is 15.5. The molecule has 43 heteroatoms. The molecular formula is C82H89Cl3FN13O26. The number of carbonyl (C=O) groups excluding carboxylic acids is 9. The van der Waals surface area contributed by atoms with Crippen molar-refractivity contribution in [3.8, 4) is 57.1 Å². The number of amides is 9. The van der Waals surface area contributed by atoms with Gasteiger partial charge in [-0.1, -0.05) is 72.9 Å². The van der Waals surface area contributed by atoms with Gasteiger partial charge in [-0.15, -0.1) is 0 Å². The monoisotopic (exact) mass is 1800 g/mol. The SMILES string of the molecule is CN[C@H](CC(C)C)C(=O)N[C@H]1C(=O)N[C@@H](CC(N)=O)C(=O)N[C@H]2C(=O)N[C@H]3C(=O)N[C@H](C(=O)N[C@@H](C(=O)NOC)c4cc(O)cc(O)c4-c4cc3ccc4O)[C@H](O)c3ccc(c(Cl)c3)Oc3cc2cc(c3OC2O[C@H](CO)[C@@H](O)[C@H](O)[C@H]2O[C@H]2C[C@@](C)(NCCn3ccc(NC(=O)/C=C/c4ccc(F)c(Cl)c4)nc3=O)[C@H](O)[C@H](C)O2)Oc2ccc(cc2Cl)[C@H]1O. The van der Waals surface area contributed by atoms with Gasteiger partial charge in [-0.25, -0.2) is 14.7 Å². The minimum atomic E-state index is -2.40. The number of benzene rings is 6. The minimum Gasteiger partial charge on any atom is -0.508 e. The van der Waals surface area contributed by atoms with Crippen LogP contribution in [0.4, 0.5) is 10.2 Å². The fraction of sp³-hybridized carbons (Fsp3) is 0.378. The van der Waals surface area contributed by atoms with E-state index < -0.39 is 259 Å². The quantitative estimate of drug-likeness (QED) is 0.0361. The third-order valence-corrected chi connectivity index (χ3v) is 22.2. The Morgan fingerprint density at radius 2 is 1.39 bits per heavy atom. The van der Waals surface area contributed by atoms with Crippen molar-refractivity contribution in [2.24, 2.45) is 11.7 Å². The van der Waals surface area contributed by atoms with Gasteiger partial charge in [0, 0.05) is 54.5 Å². The highest BCUT2D eigenvalue weighted by atomic mass is 35.5. The number of aliphatic hydroxyl groups excluding tert-OH is 6. The number of nitrogens with one attached hydrogen (secondary N) is 10. The molecule has 2 saturated heterocycles. The van der Waals surface area contributed by atoms with Gasteiger partial charge in [-0.3, -0.25) is 52.6 Å². The van der Waals surface area contributed by atoms with Crippen LogP contribution in [0.2, 0.25) is 15.1 Å². The van der Waals surface area contributed by atoms with E-state index in [0.29, 0.717) is 5.56 Å². The van der Waals surface area contributed by atoms with Crippen LogP contribution in [0.5, 0.6) is 46.0 Å². The third kappa shape index (κ3) is 21.0. The van der Waals surface area contributed by atoms with Gasteiger partial charge in [0.15, 0.2) is 23.9 Å². The van der Waals surface area contributed by atoms with Crippen LogP contribution in [-0.2, 0) is 68.7 Å². The summed E-state index contributed by atoms with van der Waals surface area (Å²) in [6.07, 6.45) is -15.8. The molecule has 7 aliphatic heterocycles. The van der Waals surface area contributed by atoms with Crippen molar-refractivity contribution in [3.05, 3.63) is 180 Å². The second-order valence-electron chi connectivity index (χ2n) is 30.7. The Morgan fingerprint density at radius 1 is 0.736 bits per heavy atom. The van der Waals surface area contributed by atoms with E-state index in [4.69, 9.17) is 73.8 Å². The third-order valence-electron chi connectivity index (χ3n) is 21.3. The molecule has 21 N–H and O–H groups in total. The van der Waals surface area contributed by atoms with Gasteiger partial charge in [0.1, 0.15) is 107 Å². The lowest BCUT2D eigenvalue weighted by atomic mass is 9.85. The van der Waals surface area contributed by atoms with Gasteiger partial charge in [-0.2, -0.15) is 4.98 Å². The van der Waals surface area contributed by atoms with E-state index in [2.05, 4.69) is 58.3 Å². The number of aromatic hydroxyl groups is 3. The number of hydrogen-bond donors (Lipinski definition) is 20. The first-order chi connectivity index (χ1) is 59.3. The molecule has 1 unspecified atom stereocenters. The van der Waals surface area contributed by atoms with Crippen LogP contribution < -0.4 is 79.0 Å². The molecule has 7 aliphatic rings. The lowest BCUT2D eigenvalue weighted by Crippen LogP contribution is -2.65. The normalized spacial score (nSPS) is 26.0. The number of primary amides is 1. The number of nitrogens with zero attached hydrogens (tertiary/aromatic N) is 2. The molecule has 9 amide bonds. The molecule has 125 heavy (non-hydrogen) atoms. The van der Waals surface area contributed by atoms with Crippen molar-refractivity contribution in [1.82, 2.24) is 57.6 Å². The van der Waals surface area contributed by atoms with E-state index in [0.717, 1.165) is 86.0 Å². The largest absolute Gasteiger partial charge is 0.508 e. The average Bonchev–Trinajstić information content (AvgIpc) is 0.749. The molecule has 14 rings (SSSR count). The zero-order valence-electron chi connectivity index (χ0n) is 67.1. The van der Waals surface area contributed by atoms with Crippen molar-refractivity contribution < 1.29 is 127 Å². The molecule has 0 saturated carbocycles. The molecule has 8 heterocycles. The number of halogens is 4. The Morgan fingerprint density at radius 3 is 2.02 bits per heavy atom. The molecule has 18 atom stereocenters. The number of phenolic OH excluding ortho intramolecular Hbond substituents is 3. The molecule has 1 aromatic heterocycles. The predicted octanol–water partition coefficient (Wildman–Crippen LogP) is 2.03. The van der Waals surface area contributed by atoms with Crippen molar-refractivity contribution in [3.63, 3.8) is 0 Å². The van der Waals surface area contributed by atoms with Crippen LogP contribution >= 0.6 is 34.8 Å². The first-order valence-corrected chi connectivity index (χ1v) is 40.0. The number of nitrogens with two attached hydrogens (primary N) is 1. The van der Waals surface area contributed by atoms with Gasteiger partial charge < -0.3 is 128 Å². The number of anilines is 1. The Bertz CT molecular complexity index is 5420. The zero-order chi connectivity index (χ0) is 90.5. The van der Waals surface area contributed by atoms with Gasteiger partial charge in [0.25, 0.3) is 5.91 Å². The Balaban J connectivity index is 0.992.